The number of esters is 7. The van der Waals surface area contributed by atoms with Gasteiger partial charge in [0.2, 0.25) is 6.10 Å². The average Bonchev–Trinajstić information content (AvgIpc) is 1.58. The summed E-state index contributed by atoms with van der Waals surface area (Å²) >= 11 is 0. The van der Waals surface area contributed by atoms with Crippen LogP contribution in [0.1, 0.15) is 76.6 Å². The third-order valence-corrected chi connectivity index (χ3v) is 37.3. The number of ether oxygens (including phenoxy) is 13. The fourth-order valence-corrected chi connectivity index (χ4v) is 31.5. The fraction of sp³-hybridized carbons (Fsp3) is 0.301. The molecule has 12 aromatic rings. The van der Waals surface area contributed by atoms with Gasteiger partial charge in [-0.15, -0.1) is 0 Å². The highest BCUT2D eigenvalue weighted by Gasteiger charge is 2.68. The lowest BCUT2D eigenvalue weighted by Gasteiger charge is -2.25. The summed E-state index contributed by atoms with van der Waals surface area (Å²) in [5.41, 5.74) is 7.60. The van der Waals surface area contributed by atoms with Gasteiger partial charge >= 0.3 is 41.8 Å². The first-order chi connectivity index (χ1) is 68.3. The highest BCUT2D eigenvalue weighted by Crippen LogP contribution is 2.56. The number of hydrogen-bond acceptors (Lipinski definition) is 23. The van der Waals surface area contributed by atoms with Crippen LogP contribution >= 0.6 is 0 Å². The molecule has 6 bridgehead atoms. The zero-order valence-electron chi connectivity index (χ0n) is 79.0. The molecule has 8 aliphatic heterocycles. The van der Waals surface area contributed by atoms with Crippen LogP contribution in [0.4, 0.5) is 0 Å². The van der Waals surface area contributed by atoms with Gasteiger partial charge < -0.3 is 61.6 Å². The van der Waals surface area contributed by atoms with Crippen LogP contribution in [0.5, 0.6) is 23.0 Å². The lowest BCUT2D eigenvalue weighted by Crippen LogP contribution is -2.42. The summed E-state index contributed by atoms with van der Waals surface area (Å²) in [5, 5.41) is -0.658. The molecule has 0 amide bonds. The average molecular weight is 1990 g/mol. The molecule has 22 rings (SSSR count). The molecule has 141 heavy (non-hydrogen) atoms. The molecule has 16 atom stereocenters. The first-order valence-electron chi connectivity index (χ1n) is 47.3. The zero-order chi connectivity index (χ0) is 97.9. The summed E-state index contributed by atoms with van der Waals surface area (Å²) in [6.45, 7) is 15.3. The highest BCUT2D eigenvalue weighted by atomic mass is 32.2. The topological polar surface area (TPSA) is 283 Å². The van der Waals surface area contributed by atoms with Gasteiger partial charge in [-0.05, 0) is 223 Å². The number of benzene rings is 12. The van der Waals surface area contributed by atoms with Gasteiger partial charge in [-0.25, -0.2) is 24.0 Å². The fourth-order valence-electron chi connectivity index (χ4n) is 20.8. The molecule has 16 unspecified atom stereocenters. The van der Waals surface area contributed by atoms with E-state index in [2.05, 4.69) is 243 Å². The molecular formula is C113H108O23S5+4. The lowest BCUT2D eigenvalue weighted by molar-refractivity contribution is -0.163. The minimum absolute atomic E-state index is 0.00586. The first kappa shape index (κ1) is 97.2. The maximum Gasteiger partial charge on any atom is 0.347 e. The maximum absolute atomic E-state index is 12.7. The Bertz CT molecular complexity index is 6260. The summed E-state index contributed by atoms with van der Waals surface area (Å²) in [5.74, 6) is -0.0459. The van der Waals surface area contributed by atoms with E-state index < -0.39 is 87.9 Å². The van der Waals surface area contributed by atoms with Crippen molar-refractivity contribution in [3.63, 3.8) is 0 Å². The maximum atomic E-state index is 12.7. The number of aryl methyl sites for hydroxylation is 8. The standard InChI is InChI=1S/C30H29O5S.C29H27O6S.C28H27O7S2.C26H25O5S/c1-18-13-23(36(21-9-5-3-6-10-21)22-11-7-4-8-12-22)14-19(2)27(18)33-17-26(31)34-28-20-15-24-25(16-20)30(32)35-29(24)28;1-17-13-21(36(19-9-5-3-6-10-19)20-11-7-4-8-12-20)14-18(2)25(17)32-16-24(30)34-27-23-15-22-26(33-23)28(27)35-29(22)31;1-17-13-21(36(19-9-5-3-6-10-19)20-11-7-4-8-12-20)14-18(2)25(17)32-16-24(29)34-26-22-15-23-27(33-22)28(26)35-37(23,30)31;1-18-15-22(32(20-9-5-3-6-10-20)21-11-7-4-8-12-21)16-19(2)25(18)30-17-24(27)31-23-13-14-29-26(23)28/h3-14,20,24-25,28-29H,15-17H2,1-2H3;3-14,22-23,26-28H,15-16H2,1-2H3;3-14,22-23,26-28H,15-16H2,1-2H3;3-12,15-16,23H,13-14,17H2,1-2H3/q4*+1. The Morgan fingerprint density at radius 3 is 0.929 bits per heavy atom. The van der Waals surface area contributed by atoms with Crippen LogP contribution in [-0.4, -0.2) is 156 Å². The van der Waals surface area contributed by atoms with Crippen LogP contribution in [0, 0.1) is 79.1 Å². The van der Waals surface area contributed by atoms with E-state index >= 15 is 0 Å². The van der Waals surface area contributed by atoms with Gasteiger partial charge in [0.15, 0.2) is 103 Å². The van der Waals surface area contributed by atoms with Crippen LogP contribution in [0.15, 0.2) is 350 Å². The molecule has 10 aliphatic rings. The second-order valence-electron chi connectivity index (χ2n) is 36.5. The Hall–Kier alpha value is -12.6. The van der Waals surface area contributed by atoms with E-state index in [-0.39, 0.29) is 143 Å². The van der Waals surface area contributed by atoms with Crippen molar-refractivity contribution in [1.29, 1.82) is 0 Å². The van der Waals surface area contributed by atoms with Crippen molar-refractivity contribution in [2.75, 3.05) is 33.0 Å². The van der Waals surface area contributed by atoms with Crippen LogP contribution < -0.4 is 18.9 Å². The molecule has 2 saturated carbocycles. The number of carbonyl (C=O) groups is 7. The van der Waals surface area contributed by atoms with Gasteiger partial charge in [0.1, 0.15) is 58.8 Å². The van der Waals surface area contributed by atoms with Crippen molar-refractivity contribution in [2.24, 2.45) is 23.7 Å². The van der Waals surface area contributed by atoms with E-state index in [1.165, 1.54) is 53.9 Å². The molecular weight excluding hydrogens is 1890 g/mol. The number of rotatable bonds is 28. The molecule has 0 radical (unpaired) electrons. The number of fused-ring (bicyclic) bond motifs is 3. The Balaban J connectivity index is 0.000000120. The predicted molar refractivity (Wildman–Crippen MR) is 528 cm³/mol. The number of carbonyl (C=O) groups excluding carboxylic acids is 7. The lowest BCUT2D eigenvalue weighted by atomic mass is 9.88. The van der Waals surface area contributed by atoms with E-state index in [4.69, 9.17) is 65.8 Å². The van der Waals surface area contributed by atoms with Gasteiger partial charge in [0.25, 0.3) is 10.1 Å². The van der Waals surface area contributed by atoms with Crippen LogP contribution in [-0.2, 0) is 134 Å². The molecule has 0 spiro atoms. The van der Waals surface area contributed by atoms with E-state index in [9.17, 15) is 42.0 Å². The molecule has 8 heterocycles. The normalized spacial score (nSPS) is 23.7. The number of hydrogen-bond donors (Lipinski definition) is 0. The zero-order valence-corrected chi connectivity index (χ0v) is 83.0. The molecule has 12 aromatic carbocycles. The van der Waals surface area contributed by atoms with E-state index in [0.29, 0.717) is 35.8 Å². The van der Waals surface area contributed by atoms with Crippen LogP contribution in [0.2, 0.25) is 0 Å². The predicted octanol–water partition coefficient (Wildman–Crippen LogP) is 18.3. The monoisotopic (exact) mass is 1990 g/mol. The summed E-state index contributed by atoms with van der Waals surface area (Å²) < 4.78 is 102. The minimum Gasteiger partial charge on any atom is -0.481 e. The molecule has 2 aliphatic carbocycles. The second kappa shape index (κ2) is 42.6. The first-order valence-corrected chi connectivity index (χ1v) is 53.6. The van der Waals surface area contributed by atoms with Gasteiger partial charge in [0.05, 0.1) is 74.2 Å². The van der Waals surface area contributed by atoms with Gasteiger partial charge in [-0.3, -0.25) is 13.8 Å². The van der Waals surface area contributed by atoms with Crippen LogP contribution in [0.25, 0.3) is 0 Å². The Kier molecular flexibility index (Phi) is 29.4. The molecule has 0 aromatic heterocycles. The third-order valence-electron chi connectivity index (χ3n) is 26.8. The quantitative estimate of drug-likeness (QED) is 0.0190. The van der Waals surface area contributed by atoms with Gasteiger partial charge in [0, 0.05) is 66.8 Å². The molecule has 724 valence electrons. The van der Waals surface area contributed by atoms with E-state index in [0.717, 1.165) is 62.2 Å². The van der Waals surface area contributed by atoms with Crippen molar-refractivity contribution in [2.45, 2.75) is 219 Å². The van der Waals surface area contributed by atoms with Gasteiger partial charge in [-0.2, -0.15) is 8.42 Å². The largest absolute Gasteiger partial charge is 0.481 e. The second-order valence-corrected chi connectivity index (χ2v) is 46.4. The Morgan fingerprint density at radius 1 is 0.312 bits per heavy atom. The Morgan fingerprint density at radius 2 is 0.603 bits per heavy atom. The van der Waals surface area contributed by atoms with Crippen molar-refractivity contribution in [1.82, 2.24) is 0 Å². The van der Waals surface area contributed by atoms with Gasteiger partial charge in [-0.1, -0.05) is 146 Å². The molecule has 8 saturated heterocycles. The Labute approximate surface area is 831 Å². The minimum atomic E-state index is -3.66. The number of cyclic esters (lactones) is 1. The molecule has 28 heteroatoms. The van der Waals surface area contributed by atoms with Crippen molar-refractivity contribution >= 4 is 95.5 Å². The summed E-state index contributed by atoms with van der Waals surface area (Å²) in [4.78, 5) is 100. The van der Waals surface area contributed by atoms with E-state index in [1.807, 2.05) is 104 Å². The summed E-state index contributed by atoms with van der Waals surface area (Å²) in [6, 6.07) is 101. The van der Waals surface area contributed by atoms with Crippen molar-refractivity contribution < 1.29 is 108 Å². The molecule has 23 nitrogen and oxygen atoms in total. The van der Waals surface area contributed by atoms with Crippen LogP contribution in [0.3, 0.4) is 0 Å². The highest BCUT2D eigenvalue weighted by molar-refractivity contribution is 7.98. The smallest absolute Gasteiger partial charge is 0.347 e. The summed E-state index contributed by atoms with van der Waals surface area (Å²) in [7, 11) is -4.74. The van der Waals surface area contributed by atoms with Crippen molar-refractivity contribution in [3.8, 4) is 23.0 Å². The third kappa shape index (κ3) is 21.0. The summed E-state index contributed by atoms with van der Waals surface area (Å²) in [6.07, 6.45) is -2.70. The van der Waals surface area contributed by atoms with E-state index in [1.54, 1.807) is 0 Å². The molecule has 0 N–H and O–H groups in total. The molecule has 10 fully saturated rings. The van der Waals surface area contributed by atoms with Crippen molar-refractivity contribution in [3.05, 3.63) is 336 Å². The SMILES string of the molecule is Cc1cc([S+](c2ccccc2)c2ccccc2)cc(C)c1OCC(=O)OC1C2CC3C(=O)OC1C3C2.Cc1cc([S+](c2ccccc2)c2ccccc2)cc(C)c1OCC(=O)OC1C2CC3C(=O)OC1C3O2.Cc1cc([S+](c2ccccc2)c2ccccc2)cc(C)c1OCC(=O)OC1C2CC3C(O2)C1OS3(=O)=O.Cc1cc([S+](c2ccccc2)c2ccccc2)cc(C)c1OCC(=O)OC1CCOC1=O.